The first-order valence-electron chi connectivity index (χ1n) is 7.85. The molecule has 2 atom stereocenters. The summed E-state index contributed by atoms with van der Waals surface area (Å²) in [5.74, 6) is 1.73. The molecule has 1 aromatic heterocycles. The first kappa shape index (κ1) is 16.4. The molecule has 2 saturated heterocycles. The maximum absolute atomic E-state index is 12.2. The third-order valence-electron chi connectivity index (χ3n) is 4.74. The molecular weight excluding hydrogens is 318 g/mol. The maximum atomic E-state index is 12.2. The fraction of sp³-hybridized carbons (Fsp3) is 0.714. The zero-order valence-electron chi connectivity index (χ0n) is 13.4. The number of aryl methyl sites for hydroxylation is 2. The van der Waals surface area contributed by atoms with Gasteiger partial charge in [-0.1, -0.05) is 0 Å². The van der Waals surface area contributed by atoms with E-state index in [0.29, 0.717) is 17.7 Å². The van der Waals surface area contributed by atoms with Gasteiger partial charge < -0.3 is 14.8 Å². The summed E-state index contributed by atoms with van der Waals surface area (Å²) in [5, 5.41) is 3.33. The molecule has 23 heavy (non-hydrogen) atoms. The number of sulfonamides is 1. The van der Waals surface area contributed by atoms with Crippen LogP contribution in [-0.2, 0) is 21.9 Å². The Labute approximate surface area is 136 Å². The van der Waals surface area contributed by atoms with E-state index in [0.717, 1.165) is 26.2 Å². The first-order valence-corrected chi connectivity index (χ1v) is 9.33. The van der Waals surface area contributed by atoms with Crippen molar-refractivity contribution in [3.05, 3.63) is 12.0 Å². The average molecular weight is 341 g/mol. The summed E-state index contributed by atoms with van der Waals surface area (Å²) >= 11 is 0. The average Bonchev–Trinajstić information content (AvgIpc) is 3.14. The van der Waals surface area contributed by atoms with Gasteiger partial charge in [0.1, 0.15) is 5.82 Å². The number of nitrogens with zero attached hydrogens (tertiary/aromatic N) is 3. The maximum Gasteiger partial charge on any atom is 0.259 e. The monoisotopic (exact) mass is 341 g/mol. The van der Waals surface area contributed by atoms with E-state index in [1.165, 1.54) is 6.20 Å². The molecule has 2 aliphatic heterocycles. The Morgan fingerprint density at radius 2 is 2.04 bits per heavy atom. The highest BCUT2D eigenvalue weighted by atomic mass is 32.2. The van der Waals surface area contributed by atoms with E-state index in [-0.39, 0.29) is 23.9 Å². The van der Waals surface area contributed by atoms with Crippen molar-refractivity contribution in [2.75, 3.05) is 32.7 Å². The van der Waals surface area contributed by atoms with Crippen LogP contribution in [0.3, 0.4) is 0 Å². The first-order chi connectivity index (χ1) is 10.9. The van der Waals surface area contributed by atoms with Crippen LogP contribution in [0.4, 0.5) is 0 Å². The van der Waals surface area contributed by atoms with Crippen molar-refractivity contribution in [1.29, 1.82) is 0 Å². The quantitative estimate of drug-likeness (QED) is 0.722. The third-order valence-corrected chi connectivity index (χ3v) is 6.07. The van der Waals surface area contributed by atoms with E-state index in [1.54, 1.807) is 18.5 Å². The number of carbonyl (C=O) groups is 1. The van der Waals surface area contributed by atoms with E-state index in [9.17, 15) is 13.2 Å². The second-order valence-corrected chi connectivity index (χ2v) is 8.08. The topological polar surface area (TPSA) is 96.3 Å². The van der Waals surface area contributed by atoms with Gasteiger partial charge in [0.15, 0.2) is 5.03 Å². The van der Waals surface area contributed by atoms with Crippen molar-refractivity contribution in [3.63, 3.8) is 0 Å². The van der Waals surface area contributed by atoms with Gasteiger partial charge in [-0.15, -0.1) is 0 Å². The Kier molecular flexibility index (Phi) is 4.43. The van der Waals surface area contributed by atoms with Gasteiger partial charge in [0.2, 0.25) is 5.91 Å². The fourth-order valence-electron chi connectivity index (χ4n) is 3.24. The van der Waals surface area contributed by atoms with E-state index in [2.05, 4.69) is 15.0 Å². The molecule has 0 aliphatic carbocycles. The second kappa shape index (κ2) is 6.21. The minimum absolute atomic E-state index is 0.00766. The van der Waals surface area contributed by atoms with Crippen LogP contribution in [0.5, 0.6) is 0 Å². The molecule has 0 saturated carbocycles. The highest BCUT2D eigenvalue weighted by Crippen LogP contribution is 2.26. The summed E-state index contributed by atoms with van der Waals surface area (Å²) in [4.78, 5) is 18.1. The summed E-state index contributed by atoms with van der Waals surface area (Å²) in [5.41, 5.74) is 0. The summed E-state index contributed by atoms with van der Waals surface area (Å²) < 4.78 is 28.4. The molecule has 3 heterocycles. The highest BCUT2D eigenvalue weighted by molar-refractivity contribution is 7.89. The van der Waals surface area contributed by atoms with Gasteiger partial charge in [-0.3, -0.25) is 4.79 Å². The van der Waals surface area contributed by atoms with Gasteiger partial charge in [0, 0.05) is 52.4 Å². The van der Waals surface area contributed by atoms with Gasteiger partial charge in [0.05, 0.1) is 0 Å². The molecule has 3 rings (SSSR count). The molecule has 9 heteroatoms. The molecule has 8 nitrogen and oxygen atoms in total. The Bertz CT molecular complexity index is 668. The second-order valence-electron chi connectivity index (χ2n) is 6.36. The van der Waals surface area contributed by atoms with Gasteiger partial charge in [0.25, 0.3) is 10.0 Å². The van der Waals surface area contributed by atoms with Crippen molar-refractivity contribution in [1.82, 2.24) is 24.5 Å². The summed E-state index contributed by atoms with van der Waals surface area (Å²) in [7, 11) is -1.92. The lowest BCUT2D eigenvalue weighted by Gasteiger charge is -2.17. The lowest BCUT2D eigenvalue weighted by Crippen LogP contribution is -2.35. The van der Waals surface area contributed by atoms with Crippen molar-refractivity contribution >= 4 is 15.9 Å². The Balaban J connectivity index is 1.50. The minimum Gasteiger partial charge on any atom is -0.342 e. The van der Waals surface area contributed by atoms with Crippen LogP contribution < -0.4 is 10.0 Å². The van der Waals surface area contributed by atoms with Crippen LogP contribution >= 0.6 is 0 Å². The van der Waals surface area contributed by atoms with Crippen molar-refractivity contribution < 1.29 is 13.2 Å². The number of hydrogen-bond donors (Lipinski definition) is 2. The molecule has 0 radical (unpaired) electrons. The molecule has 1 amide bonds. The molecule has 2 fully saturated rings. The number of amides is 1. The molecule has 0 spiro atoms. The highest BCUT2D eigenvalue weighted by Gasteiger charge is 2.37. The largest absolute Gasteiger partial charge is 0.342 e. The molecule has 0 unspecified atom stereocenters. The number of nitrogens with one attached hydrogen (secondary N) is 2. The number of fused-ring (bicyclic) bond motifs is 1. The van der Waals surface area contributed by atoms with Gasteiger partial charge in [-0.2, -0.15) is 0 Å². The normalized spacial score (nSPS) is 24.2. The van der Waals surface area contributed by atoms with Crippen LogP contribution in [0.1, 0.15) is 12.2 Å². The Hall–Kier alpha value is -1.45. The van der Waals surface area contributed by atoms with Gasteiger partial charge in [-0.25, -0.2) is 18.1 Å². The molecule has 0 bridgehead atoms. The van der Waals surface area contributed by atoms with Crippen molar-refractivity contribution in [2.45, 2.75) is 18.4 Å². The smallest absolute Gasteiger partial charge is 0.259 e. The van der Waals surface area contributed by atoms with Crippen LogP contribution in [0.15, 0.2) is 11.2 Å². The summed E-state index contributed by atoms with van der Waals surface area (Å²) in [6.07, 6.45) is 1.64. The Morgan fingerprint density at radius 1 is 1.39 bits per heavy atom. The van der Waals surface area contributed by atoms with Crippen LogP contribution in [-0.4, -0.2) is 61.5 Å². The number of aromatic nitrogens is 2. The van der Waals surface area contributed by atoms with Gasteiger partial charge >= 0.3 is 0 Å². The Morgan fingerprint density at radius 3 is 2.61 bits per heavy atom. The number of carbonyl (C=O) groups excluding carboxylic acids is 1. The zero-order chi connectivity index (χ0) is 16.6. The minimum atomic E-state index is -3.66. The van der Waals surface area contributed by atoms with Crippen molar-refractivity contribution in [3.8, 4) is 0 Å². The van der Waals surface area contributed by atoms with Crippen molar-refractivity contribution in [2.24, 2.45) is 18.9 Å². The number of hydrogen-bond acceptors (Lipinski definition) is 5. The standard InChI is InChI=1S/C14H23N5O3S/c1-10-17-13(9-18(10)2)23(21,22)16-4-3-14(20)19-7-11-5-15-6-12(11)8-19/h9,11-12,15-16H,3-8H2,1-2H3/t11-,12+. The zero-order valence-corrected chi connectivity index (χ0v) is 14.3. The van der Waals surface area contributed by atoms with E-state index >= 15 is 0 Å². The van der Waals surface area contributed by atoms with Gasteiger partial charge in [-0.05, 0) is 18.8 Å². The van der Waals surface area contributed by atoms with E-state index < -0.39 is 10.0 Å². The lowest BCUT2D eigenvalue weighted by atomic mass is 10.0. The number of rotatable bonds is 5. The molecular formula is C14H23N5O3S. The van der Waals surface area contributed by atoms with Crippen LogP contribution in [0.25, 0.3) is 0 Å². The molecule has 0 aromatic carbocycles. The molecule has 1 aromatic rings. The SMILES string of the molecule is Cc1nc(S(=O)(=O)NCCC(=O)N2C[C@H]3CNC[C@H]3C2)cn1C. The number of likely N-dealkylation sites (tertiary alicyclic amines) is 1. The summed E-state index contributed by atoms with van der Waals surface area (Å²) in [6.45, 7) is 5.34. The number of imidazole rings is 1. The van der Waals surface area contributed by atoms with Crippen LogP contribution in [0.2, 0.25) is 0 Å². The predicted octanol–water partition coefficient (Wildman–Crippen LogP) is -0.925. The third kappa shape index (κ3) is 3.41. The predicted molar refractivity (Wildman–Crippen MR) is 84.2 cm³/mol. The fourth-order valence-corrected chi connectivity index (χ4v) is 4.31. The van der Waals surface area contributed by atoms with E-state index in [1.807, 2.05) is 4.90 Å². The lowest BCUT2D eigenvalue weighted by molar-refractivity contribution is -0.130. The van der Waals surface area contributed by atoms with Crippen LogP contribution in [0, 0.1) is 18.8 Å². The molecule has 2 N–H and O–H groups in total. The molecule has 2 aliphatic rings. The van der Waals surface area contributed by atoms with E-state index in [4.69, 9.17) is 0 Å². The summed E-state index contributed by atoms with van der Waals surface area (Å²) in [6, 6.07) is 0. The molecule has 128 valence electrons.